The summed E-state index contributed by atoms with van der Waals surface area (Å²) in [4.78, 5) is 23.7. The minimum Gasteiger partial charge on any atom is -0.346 e. The van der Waals surface area contributed by atoms with E-state index in [1.54, 1.807) is 24.9 Å². The first-order valence-electron chi connectivity index (χ1n) is 8.03. The lowest BCUT2D eigenvalue weighted by molar-refractivity contribution is 0.0940. The Bertz CT molecular complexity index is 1000. The number of aromatic nitrogens is 4. The van der Waals surface area contributed by atoms with Gasteiger partial charge in [-0.15, -0.1) is 0 Å². The smallest absolute Gasteiger partial charge is 0.251 e. The van der Waals surface area contributed by atoms with Crippen molar-refractivity contribution in [1.82, 2.24) is 24.8 Å². The molecule has 2 aromatic carbocycles. The topological polar surface area (TPSA) is 75.6 Å². The number of hydrogen-bond acceptors (Lipinski definition) is 3. The molecule has 1 atom stereocenters. The second-order valence-electron chi connectivity index (χ2n) is 5.89. The Kier molecular flexibility index (Phi) is 3.78. The summed E-state index contributed by atoms with van der Waals surface area (Å²) in [6, 6.07) is 13.4. The number of amides is 1. The third kappa shape index (κ3) is 3.01. The lowest BCUT2D eigenvalue weighted by Crippen LogP contribution is -2.26. The summed E-state index contributed by atoms with van der Waals surface area (Å²) in [6.07, 6.45) is 7.02. The summed E-state index contributed by atoms with van der Waals surface area (Å²) in [5.74, 6) is -0.109. The Morgan fingerprint density at radius 1 is 1.20 bits per heavy atom. The maximum Gasteiger partial charge on any atom is 0.251 e. The van der Waals surface area contributed by atoms with Gasteiger partial charge in [0.15, 0.2) is 0 Å². The molecule has 0 aliphatic carbocycles. The molecule has 1 amide bonds. The van der Waals surface area contributed by atoms with Crippen LogP contribution in [0.2, 0.25) is 0 Å². The molecule has 4 rings (SSSR count). The summed E-state index contributed by atoms with van der Waals surface area (Å²) in [5.41, 5.74) is 4.38. The van der Waals surface area contributed by atoms with E-state index in [2.05, 4.69) is 20.3 Å². The van der Waals surface area contributed by atoms with E-state index >= 15 is 0 Å². The third-order valence-electron chi connectivity index (χ3n) is 4.23. The van der Waals surface area contributed by atoms with Gasteiger partial charge in [0.1, 0.15) is 0 Å². The summed E-state index contributed by atoms with van der Waals surface area (Å²) >= 11 is 0. The molecule has 4 aromatic rings. The van der Waals surface area contributed by atoms with Crippen molar-refractivity contribution < 1.29 is 4.79 Å². The van der Waals surface area contributed by atoms with E-state index in [-0.39, 0.29) is 11.9 Å². The van der Waals surface area contributed by atoms with E-state index in [1.807, 2.05) is 54.1 Å². The number of benzene rings is 2. The summed E-state index contributed by atoms with van der Waals surface area (Å²) < 4.78 is 1.94. The van der Waals surface area contributed by atoms with Crippen LogP contribution in [0.4, 0.5) is 0 Å². The zero-order valence-corrected chi connectivity index (χ0v) is 13.7. The van der Waals surface area contributed by atoms with E-state index in [9.17, 15) is 4.79 Å². The molecular formula is C19H17N5O. The van der Waals surface area contributed by atoms with Crippen LogP contribution in [-0.2, 0) is 0 Å². The maximum absolute atomic E-state index is 12.5. The van der Waals surface area contributed by atoms with Gasteiger partial charge in [-0.2, -0.15) is 0 Å². The molecular weight excluding hydrogens is 314 g/mol. The van der Waals surface area contributed by atoms with Crippen molar-refractivity contribution in [3.05, 3.63) is 78.6 Å². The molecule has 124 valence electrons. The molecule has 6 heteroatoms. The first-order valence-corrected chi connectivity index (χ1v) is 8.03. The Morgan fingerprint density at radius 3 is 2.80 bits per heavy atom. The average Bonchev–Trinajstić information content (AvgIpc) is 3.32. The Balaban J connectivity index is 1.49. The van der Waals surface area contributed by atoms with Crippen LogP contribution >= 0.6 is 0 Å². The van der Waals surface area contributed by atoms with E-state index < -0.39 is 0 Å². The van der Waals surface area contributed by atoms with Crippen LogP contribution in [0.25, 0.3) is 16.7 Å². The molecule has 2 N–H and O–H groups in total. The zero-order chi connectivity index (χ0) is 17.2. The number of carbonyl (C=O) groups excluding carboxylic acids is 1. The van der Waals surface area contributed by atoms with Crippen molar-refractivity contribution >= 4 is 16.9 Å². The lowest BCUT2D eigenvalue weighted by atomic mass is 10.1. The fourth-order valence-corrected chi connectivity index (χ4v) is 2.79. The molecule has 25 heavy (non-hydrogen) atoms. The van der Waals surface area contributed by atoms with Crippen molar-refractivity contribution in [2.75, 3.05) is 0 Å². The number of fused-ring (bicyclic) bond motifs is 1. The minimum atomic E-state index is -0.109. The van der Waals surface area contributed by atoms with Crippen LogP contribution in [-0.4, -0.2) is 25.4 Å². The SMILES string of the molecule is CC(NC(=O)c1ccc2nc[nH]c2c1)c1ccc(-n2ccnc2)cc1. The highest BCUT2D eigenvalue weighted by Crippen LogP contribution is 2.17. The predicted molar refractivity (Wildman–Crippen MR) is 95.5 cm³/mol. The van der Waals surface area contributed by atoms with Crippen LogP contribution in [0.15, 0.2) is 67.5 Å². The van der Waals surface area contributed by atoms with Gasteiger partial charge in [0, 0.05) is 23.6 Å². The Labute approximate surface area is 144 Å². The Hall–Kier alpha value is -3.41. The maximum atomic E-state index is 12.5. The number of rotatable bonds is 4. The molecule has 0 saturated carbocycles. The van der Waals surface area contributed by atoms with Gasteiger partial charge in [0.2, 0.25) is 0 Å². The predicted octanol–water partition coefficient (Wildman–Crippen LogP) is 3.24. The molecule has 0 saturated heterocycles. The van der Waals surface area contributed by atoms with Crippen molar-refractivity contribution in [3.8, 4) is 5.69 Å². The van der Waals surface area contributed by atoms with E-state index in [1.165, 1.54) is 0 Å². The van der Waals surface area contributed by atoms with Crippen LogP contribution in [0.5, 0.6) is 0 Å². The van der Waals surface area contributed by atoms with Gasteiger partial charge < -0.3 is 14.9 Å². The van der Waals surface area contributed by atoms with Crippen LogP contribution in [0, 0.1) is 0 Å². The van der Waals surface area contributed by atoms with Gasteiger partial charge in [-0.25, -0.2) is 9.97 Å². The zero-order valence-electron chi connectivity index (χ0n) is 13.7. The monoisotopic (exact) mass is 331 g/mol. The molecule has 0 spiro atoms. The van der Waals surface area contributed by atoms with Gasteiger partial charge in [0.05, 0.1) is 29.7 Å². The van der Waals surface area contributed by atoms with Crippen molar-refractivity contribution in [3.63, 3.8) is 0 Å². The fraction of sp³-hybridized carbons (Fsp3) is 0.105. The molecule has 0 aliphatic rings. The largest absolute Gasteiger partial charge is 0.346 e. The quantitative estimate of drug-likeness (QED) is 0.603. The molecule has 2 aromatic heterocycles. The molecule has 0 fully saturated rings. The second kappa shape index (κ2) is 6.24. The second-order valence-corrected chi connectivity index (χ2v) is 5.89. The van der Waals surface area contributed by atoms with E-state index in [0.717, 1.165) is 22.3 Å². The van der Waals surface area contributed by atoms with Gasteiger partial charge >= 0.3 is 0 Å². The first-order chi connectivity index (χ1) is 12.2. The average molecular weight is 331 g/mol. The minimum absolute atomic E-state index is 0.0956. The summed E-state index contributed by atoms with van der Waals surface area (Å²) in [5, 5.41) is 3.03. The Morgan fingerprint density at radius 2 is 2.04 bits per heavy atom. The molecule has 2 heterocycles. The van der Waals surface area contributed by atoms with Gasteiger partial charge in [-0.1, -0.05) is 12.1 Å². The van der Waals surface area contributed by atoms with E-state index in [4.69, 9.17) is 0 Å². The van der Waals surface area contributed by atoms with E-state index in [0.29, 0.717) is 5.56 Å². The molecule has 0 bridgehead atoms. The number of H-pyrrole nitrogens is 1. The standard InChI is InChI=1S/C19H17N5O/c1-13(14-2-5-16(6-3-14)24-9-8-20-12-24)23-19(25)15-4-7-17-18(10-15)22-11-21-17/h2-13H,1H3,(H,21,22)(H,23,25). The molecule has 6 nitrogen and oxygen atoms in total. The van der Waals surface area contributed by atoms with Gasteiger partial charge in [-0.3, -0.25) is 4.79 Å². The van der Waals surface area contributed by atoms with Crippen molar-refractivity contribution in [1.29, 1.82) is 0 Å². The van der Waals surface area contributed by atoms with Crippen LogP contribution in [0.3, 0.4) is 0 Å². The lowest BCUT2D eigenvalue weighted by Gasteiger charge is -2.15. The fourth-order valence-electron chi connectivity index (χ4n) is 2.79. The van der Waals surface area contributed by atoms with Crippen LogP contribution < -0.4 is 5.32 Å². The van der Waals surface area contributed by atoms with Crippen LogP contribution in [0.1, 0.15) is 28.9 Å². The van der Waals surface area contributed by atoms with Crippen molar-refractivity contribution in [2.24, 2.45) is 0 Å². The molecule has 0 radical (unpaired) electrons. The van der Waals surface area contributed by atoms with Gasteiger partial charge in [-0.05, 0) is 42.8 Å². The number of aromatic amines is 1. The van der Waals surface area contributed by atoms with Crippen molar-refractivity contribution in [2.45, 2.75) is 13.0 Å². The molecule has 0 aliphatic heterocycles. The number of imidazole rings is 2. The number of hydrogen-bond donors (Lipinski definition) is 2. The summed E-state index contributed by atoms with van der Waals surface area (Å²) in [6.45, 7) is 1.97. The first kappa shape index (κ1) is 15.1. The number of carbonyl (C=O) groups is 1. The normalized spacial score (nSPS) is 12.2. The van der Waals surface area contributed by atoms with Gasteiger partial charge in [0.25, 0.3) is 5.91 Å². The highest BCUT2D eigenvalue weighted by Gasteiger charge is 2.12. The summed E-state index contributed by atoms with van der Waals surface area (Å²) in [7, 11) is 0. The number of nitrogens with zero attached hydrogens (tertiary/aromatic N) is 3. The highest BCUT2D eigenvalue weighted by atomic mass is 16.1. The third-order valence-corrected chi connectivity index (χ3v) is 4.23. The molecule has 1 unspecified atom stereocenters. The number of nitrogens with one attached hydrogen (secondary N) is 2. The highest BCUT2D eigenvalue weighted by molar-refractivity contribution is 5.97.